The Bertz CT molecular complexity index is 510. The Morgan fingerprint density at radius 1 is 1.73 bits per heavy atom. The first-order valence-corrected chi connectivity index (χ1v) is 4.48. The predicted molar refractivity (Wildman–Crippen MR) is 59.2 cm³/mol. The Labute approximate surface area is 92.5 Å². The fraction of sp³-hybridized carbons (Fsp3) is 0.100. The molecule has 1 aromatic heterocycles. The average molecular weight is 219 g/mol. The van der Waals surface area contributed by atoms with Crippen LogP contribution in [0.3, 0.4) is 0 Å². The Morgan fingerprint density at radius 3 is 2.87 bits per heavy atom. The molecule has 0 spiro atoms. The summed E-state index contributed by atoms with van der Waals surface area (Å²) in [6.45, 7) is 8.77. The second-order valence-corrected chi connectivity index (χ2v) is 3.10. The van der Waals surface area contributed by atoms with Crippen molar-refractivity contribution in [2.45, 2.75) is 6.92 Å². The second-order valence-electron chi connectivity index (χ2n) is 2.71. The summed E-state index contributed by atoms with van der Waals surface area (Å²) in [5.41, 5.74) is 1.00. The van der Waals surface area contributed by atoms with Crippen LogP contribution >= 0.6 is 12.2 Å². The molecule has 1 aromatic rings. The highest BCUT2D eigenvalue weighted by Gasteiger charge is 2.07. The molecule has 0 aliphatic heterocycles. The van der Waals surface area contributed by atoms with E-state index in [2.05, 4.69) is 23.1 Å². The zero-order valence-corrected chi connectivity index (χ0v) is 9.02. The van der Waals surface area contributed by atoms with Gasteiger partial charge >= 0.3 is 0 Å². The van der Waals surface area contributed by atoms with Crippen molar-refractivity contribution in [1.82, 2.24) is 9.97 Å². The largest absolute Gasteiger partial charge is 0.462 e. The summed E-state index contributed by atoms with van der Waals surface area (Å²) in [5.74, 6) is 0.708. The molecule has 1 heterocycles. The fourth-order valence-electron chi connectivity index (χ4n) is 1.01. The van der Waals surface area contributed by atoms with E-state index in [1.165, 1.54) is 6.26 Å². The van der Waals surface area contributed by atoms with Gasteiger partial charge in [-0.05, 0) is 6.92 Å². The zero-order chi connectivity index (χ0) is 11.4. The summed E-state index contributed by atoms with van der Waals surface area (Å²) >= 11 is 4.95. The van der Waals surface area contributed by atoms with Crippen LogP contribution in [-0.4, -0.2) is 9.97 Å². The van der Waals surface area contributed by atoms with E-state index in [4.69, 9.17) is 22.2 Å². The molecule has 76 valence electrons. The lowest BCUT2D eigenvalue weighted by molar-refractivity contribution is 0.435. The molecule has 5 heteroatoms. The maximum Gasteiger partial charge on any atom is 0.174 e. The highest BCUT2D eigenvalue weighted by atomic mass is 32.1. The molecule has 0 amide bonds. The molecule has 0 saturated heterocycles. The number of aromatic nitrogens is 2. The van der Waals surface area contributed by atoms with Gasteiger partial charge in [0.15, 0.2) is 11.6 Å². The van der Waals surface area contributed by atoms with Gasteiger partial charge in [-0.1, -0.05) is 25.4 Å². The van der Waals surface area contributed by atoms with Gasteiger partial charge in [0.05, 0.1) is 6.26 Å². The number of hydrogen-bond acceptors (Lipinski definition) is 4. The van der Waals surface area contributed by atoms with Crippen molar-refractivity contribution in [2.75, 3.05) is 0 Å². The number of aromatic amines is 1. The molecule has 0 unspecified atom stereocenters. The smallest absolute Gasteiger partial charge is 0.174 e. The summed E-state index contributed by atoms with van der Waals surface area (Å²) in [7, 11) is 0. The van der Waals surface area contributed by atoms with Crippen LogP contribution in [0.5, 0.6) is 0 Å². The van der Waals surface area contributed by atoms with Crippen LogP contribution in [0.4, 0.5) is 0 Å². The van der Waals surface area contributed by atoms with Crippen LogP contribution in [0.1, 0.15) is 17.1 Å². The molecule has 0 atom stereocenters. The van der Waals surface area contributed by atoms with E-state index in [1.807, 2.05) is 6.07 Å². The molecule has 4 nitrogen and oxygen atoms in total. The van der Waals surface area contributed by atoms with Crippen molar-refractivity contribution in [3.05, 3.63) is 41.1 Å². The van der Waals surface area contributed by atoms with E-state index in [0.29, 0.717) is 22.8 Å². The highest BCUT2D eigenvalue weighted by Crippen LogP contribution is 2.12. The third-order valence-electron chi connectivity index (χ3n) is 1.71. The van der Waals surface area contributed by atoms with Gasteiger partial charge in [0.1, 0.15) is 16.3 Å². The van der Waals surface area contributed by atoms with Crippen molar-refractivity contribution < 1.29 is 4.74 Å². The van der Waals surface area contributed by atoms with Gasteiger partial charge in [-0.3, -0.25) is 0 Å². The van der Waals surface area contributed by atoms with Crippen LogP contribution in [0, 0.1) is 22.9 Å². The minimum atomic E-state index is 0.234. The van der Waals surface area contributed by atoms with E-state index in [-0.39, 0.29) is 4.64 Å². The summed E-state index contributed by atoms with van der Waals surface area (Å²) in [6, 6.07) is 1.97. The lowest BCUT2D eigenvalue weighted by Gasteiger charge is -2.05. The van der Waals surface area contributed by atoms with Crippen molar-refractivity contribution in [1.29, 1.82) is 5.26 Å². The molecule has 0 saturated carbocycles. The second kappa shape index (κ2) is 4.53. The van der Waals surface area contributed by atoms with Gasteiger partial charge in [-0.2, -0.15) is 5.26 Å². The Morgan fingerprint density at radius 2 is 2.40 bits per heavy atom. The zero-order valence-electron chi connectivity index (χ0n) is 8.20. The number of rotatable bonds is 3. The normalized spacial score (nSPS) is 9.07. The Balaban J connectivity index is 3.27. The van der Waals surface area contributed by atoms with Crippen LogP contribution in [-0.2, 0) is 4.74 Å². The van der Waals surface area contributed by atoms with Gasteiger partial charge in [0, 0.05) is 5.69 Å². The van der Waals surface area contributed by atoms with Gasteiger partial charge in [-0.15, -0.1) is 0 Å². The van der Waals surface area contributed by atoms with Gasteiger partial charge in [0.2, 0.25) is 0 Å². The van der Waals surface area contributed by atoms with Crippen molar-refractivity contribution in [3.8, 4) is 6.07 Å². The predicted octanol–water partition coefficient (Wildman–Crippen LogP) is 2.45. The van der Waals surface area contributed by atoms with E-state index in [1.54, 1.807) is 6.92 Å². The number of aryl methyl sites for hydroxylation is 1. The third-order valence-corrected chi connectivity index (χ3v) is 2.01. The van der Waals surface area contributed by atoms with Gasteiger partial charge < -0.3 is 9.72 Å². The van der Waals surface area contributed by atoms with Gasteiger partial charge in [0.25, 0.3) is 0 Å². The van der Waals surface area contributed by atoms with E-state index < -0.39 is 0 Å². The average Bonchev–Trinajstić information content (AvgIpc) is 2.17. The molecule has 0 aromatic carbocycles. The quantitative estimate of drug-likeness (QED) is 0.626. The molecule has 15 heavy (non-hydrogen) atoms. The van der Waals surface area contributed by atoms with E-state index in [0.717, 1.165) is 0 Å². The molecule has 0 aliphatic rings. The maximum atomic E-state index is 8.79. The first-order valence-electron chi connectivity index (χ1n) is 4.08. The summed E-state index contributed by atoms with van der Waals surface area (Å²) in [5, 5.41) is 8.79. The fourth-order valence-corrected chi connectivity index (χ4v) is 1.30. The molecule has 0 fully saturated rings. The molecular weight excluding hydrogens is 210 g/mol. The molecule has 1 N–H and O–H groups in total. The van der Waals surface area contributed by atoms with E-state index >= 15 is 0 Å². The Kier molecular flexibility index (Phi) is 3.37. The third kappa shape index (κ3) is 2.30. The highest BCUT2D eigenvalue weighted by molar-refractivity contribution is 7.71. The molecular formula is C10H9N3OS. The summed E-state index contributed by atoms with van der Waals surface area (Å²) in [6.07, 6.45) is 1.24. The number of nitrogens with zero attached hydrogens (tertiary/aromatic N) is 2. The number of H-pyrrole nitrogens is 1. The first kappa shape index (κ1) is 11.1. The number of hydrogen-bond donors (Lipinski definition) is 1. The topological polar surface area (TPSA) is 61.7 Å². The van der Waals surface area contributed by atoms with Crippen molar-refractivity contribution in [3.63, 3.8) is 0 Å². The minimum Gasteiger partial charge on any atom is -0.462 e. The maximum absolute atomic E-state index is 8.79. The molecule has 0 radical (unpaired) electrons. The number of ether oxygens (including phenoxy) is 1. The lowest BCUT2D eigenvalue weighted by atomic mass is 10.2. The van der Waals surface area contributed by atoms with E-state index in [9.17, 15) is 0 Å². The number of nitrogens with one attached hydrogen (secondary N) is 1. The molecule has 1 rings (SSSR count). The lowest BCUT2D eigenvalue weighted by Crippen LogP contribution is -2.00. The Hall–Kier alpha value is -1.93. The standard InChI is InChI=1S/C10H9N3OS/c1-4-14-7(3)9-12-6(2)8(5-11)10(15)13-9/h4H,1,3H2,2H3,(H,12,13,15). The first-order chi connectivity index (χ1) is 7.10. The summed E-state index contributed by atoms with van der Waals surface area (Å²) < 4.78 is 5.19. The van der Waals surface area contributed by atoms with Crippen LogP contribution in [0.2, 0.25) is 0 Å². The van der Waals surface area contributed by atoms with Crippen LogP contribution in [0.25, 0.3) is 5.76 Å². The number of nitriles is 1. The molecule has 0 bridgehead atoms. The summed E-state index contributed by atoms with van der Waals surface area (Å²) in [4.78, 5) is 6.87. The van der Waals surface area contributed by atoms with Crippen molar-refractivity contribution >= 4 is 18.0 Å². The SMILES string of the molecule is C=COC(=C)c1nc(=S)c(C#N)c(C)[nH]1. The van der Waals surface area contributed by atoms with Crippen LogP contribution < -0.4 is 0 Å². The minimum absolute atomic E-state index is 0.234. The van der Waals surface area contributed by atoms with Crippen molar-refractivity contribution in [2.24, 2.45) is 0 Å². The molecule has 0 aliphatic carbocycles. The monoisotopic (exact) mass is 219 g/mol. The van der Waals surface area contributed by atoms with Crippen LogP contribution in [0.15, 0.2) is 19.4 Å². The van der Waals surface area contributed by atoms with Gasteiger partial charge in [-0.25, -0.2) is 4.98 Å².